The van der Waals surface area contributed by atoms with Crippen LogP contribution in [0, 0.1) is 6.92 Å². The molecular weight excluding hydrogens is 445 g/mol. The first kappa shape index (κ1) is 26.9. The zero-order chi connectivity index (χ0) is 26.0. The number of nitrogens with one attached hydrogen (secondary N) is 2. The number of hydrogen-bond donors (Lipinski definition) is 3. The lowest BCUT2D eigenvalue weighted by molar-refractivity contribution is 0.00578. The Kier molecular flexibility index (Phi) is 8.06. The van der Waals surface area contributed by atoms with Gasteiger partial charge in [-0.3, -0.25) is 15.0 Å². The van der Waals surface area contributed by atoms with Gasteiger partial charge in [-0.2, -0.15) is 0 Å². The molecule has 1 heterocycles. The third-order valence-electron chi connectivity index (χ3n) is 6.75. The van der Waals surface area contributed by atoms with E-state index in [-0.39, 0.29) is 17.7 Å². The lowest BCUT2D eigenvalue weighted by atomic mass is 9.78. The van der Waals surface area contributed by atoms with Crippen LogP contribution in [-0.2, 0) is 9.31 Å². The van der Waals surface area contributed by atoms with E-state index in [1.54, 1.807) is 44.4 Å². The molecule has 9 heteroatoms. The van der Waals surface area contributed by atoms with Crippen LogP contribution in [0.25, 0.3) is 0 Å². The van der Waals surface area contributed by atoms with E-state index in [9.17, 15) is 9.59 Å². The summed E-state index contributed by atoms with van der Waals surface area (Å²) in [5.41, 5.74) is 13.1. The Morgan fingerprint density at radius 2 is 1.66 bits per heavy atom. The molecule has 0 saturated carbocycles. The van der Waals surface area contributed by atoms with Gasteiger partial charge in [0.15, 0.2) is 5.78 Å². The molecule has 2 atom stereocenters. The van der Waals surface area contributed by atoms with Crippen molar-refractivity contribution in [3.05, 3.63) is 59.2 Å². The smallest absolute Gasteiger partial charge is 0.494 e. The highest BCUT2D eigenvalue weighted by atomic mass is 16.7. The molecule has 1 aliphatic heterocycles. The highest BCUT2D eigenvalue weighted by Gasteiger charge is 2.51. The average Bonchev–Trinajstić information content (AvgIpc) is 3.02. The van der Waals surface area contributed by atoms with Crippen LogP contribution < -0.4 is 26.8 Å². The second-order valence-electron chi connectivity index (χ2n) is 10.1. The predicted octanol–water partition coefficient (Wildman–Crippen LogP) is 2.53. The van der Waals surface area contributed by atoms with Crippen LogP contribution in [0.3, 0.4) is 0 Å². The minimum Gasteiger partial charge on any atom is -0.496 e. The van der Waals surface area contributed by atoms with Gasteiger partial charge in [0.05, 0.1) is 24.4 Å². The number of amides is 1. The van der Waals surface area contributed by atoms with Gasteiger partial charge in [0.2, 0.25) is 0 Å². The number of Topliss-reactive ketones (excluding diaryl/α,β-unsaturated/α-hetero) is 1. The summed E-state index contributed by atoms with van der Waals surface area (Å²) in [4.78, 5) is 26.1. The normalized spacial score (nSPS) is 18.1. The van der Waals surface area contributed by atoms with E-state index >= 15 is 0 Å². The first-order valence-electron chi connectivity index (χ1n) is 11.8. The van der Waals surface area contributed by atoms with Crippen LogP contribution in [0.1, 0.15) is 67.3 Å². The summed E-state index contributed by atoms with van der Waals surface area (Å²) in [6.45, 7) is 11.6. The molecule has 0 aromatic heterocycles. The molecule has 4 N–H and O–H groups in total. The summed E-state index contributed by atoms with van der Waals surface area (Å²) in [7, 11) is 1.05. The average molecular weight is 481 g/mol. The first-order valence-corrected chi connectivity index (χ1v) is 11.8. The largest absolute Gasteiger partial charge is 0.496 e. The van der Waals surface area contributed by atoms with E-state index in [2.05, 4.69) is 10.9 Å². The number of benzene rings is 2. The van der Waals surface area contributed by atoms with Crippen molar-refractivity contribution >= 4 is 24.3 Å². The molecule has 1 amide bonds. The fourth-order valence-corrected chi connectivity index (χ4v) is 3.89. The van der Waals surface area contributed by atoms with Crippen LogP contribution in [0.4, 0.5) is 0 Å². The van der Waals surface area contributed by atoms with Gasteiger partial charge in [0, 0.05) is 22.7 Å². The molecule has 0 aliphatic carbocycles. The lowest BCUT2D eigenvalue weighted by Crippen LogP contribution is -2.50. The van der Waals surface area contributed by atoms with Crippen LogP contribution in [0.2, 0.25) is 0 Å². The molecule has 35 heavy (non-hydrogen) atoms. The number of hydrogen-bond acceptors (Lipinski definition) is 7. The molecule has 8 nitrogen and oxygen atoms in total. The zero-order valence-corrected chi connectivity index (χ0v) is 21.6. The van der Waals surface area contributed by atoms with Gasteiger partial charge in [-0.15, -0.1) is 0 Å². The van der Waals surface area contributed by atoms with Crippen molar-refractivity contribution in [1.29, 1.82) is 0 Å². The van der Waals surface area contributed by atoms with Crippen molar-refractivity contribution in [2.45, 2.75) is 71.2 Å². The fraction of sp³-hybridized carbons (Fsp3) is 0.462. The Bertz CT molecular complexity index is 1050. The Labute approximate surface area is 208 Å². The maximum absolute atomic E-state index is 13.3. The standard InChI is InChI=1S/C26H36BN3O5/c1-16(28)15-21(29-30-24(32)20-9-8-10-22(33-7)17(20)2)23(31)18-11-13-19(14-12-18)27-34-25(3,4)26(5,6)35-27/h8-14,16,21,29H,15,28H2,1-7H3,(H,30,32). The third kappa shape index (κ3) is 5.93. The Morgan fingerprint density at radius 1 is 1.06 bits per heavy atom. The lowest BCUT2D eigenvalue weighted by Gasteiger charge is -2.32. The van der Waals surface area contributed by atoms with E-state index in [0.717, 1.165) is 5.46 Å². The van der Waals surface area contributed by atoms with Crippen molar-refractivity contribution in [3.8, 4) is 5.75 Å². The van der Waals surface area contributed by atoms with Crippen LogP contribution in [0.5, 0.6) is 5.75 Å². The minimum absolute atomic E-state index is 0.176. The van der Waals surface area contributed by atoms with Gasteiger partial charge < -0.3 is 19.8 Å². The second kappa shape index (κ2) is 10.5. The topological polar surface area (TPSA) is 112 Å². The number of methoxy groups -OCH3 is 1. The summed E-state index contributed by atoms with van der Waals surface area (Å²) >= 11 is 0. The Balaban J connectivity index is 1.71. The summed E-state index contributed by atoms with van der Waals surface area (Å²) in [6, 6.07) is 11.4. The van der Waals surface area contributed by atoms with E-state index in [1.165, 1.54) is 0 Å². The molecule has 1 saturated heterocycles. The summed E-state index contributed by atoms with van der Waals surface area (Å²) in [5, 5.41) is 0. The van der Waals surface area contributed by atoms with Gasteiger partial charge in [-0.05, 0) is 65.6 Å². The molecule has 0 bridgehead atoms. The van der Waals surface area contributed by atoms with E-state index in [0.29, 0.717) is 28.9 Å². The van der Waals surface area contributed by atoms with E-state index < -0.39 is 24.4 Å². The van der Waals surface area contributed by atoms with Crippen LogP contribution >= 0.6 is 0 Å². The summed E-state index contributed by atoms with van der Waals surface area (Å²) in [5.74, 6) is 0.0772. The second-order valence-corrected chi connectivity index (χ2v) is 10.1. The predicted molar refractivity (Wildman–Crippen MR) is 137 cm³/mol. The van der Waals surface area contributed by atoms with Gasteiger partial charge in [0.1, 0.15) is 5.75 Å². The number of carbonyl (C=O) groups excluding carboxylic acids is 2. The molecule has 2 aromatic carbocycles. The molecule has 0 radical (unpaired) electrons. The highest BCUT2D eigenvalue weighted by Crippen LogP contribution is 2.36. The highest BCUT2D eigenvalue weighted by molar-refractivity contribution is 6.62. The van der Waals surface area contributed by atoms with Gasteiger partial charge in [-0.25, -0.2) is 5.43 Å². The fourth-order valence-electron chi connectivity index (χ4n) is 3.89. The summed E-state index contributed by atoms with van der Waals surface area (Å²) < 4.78 is 17.5. The number of ether oxygens (including phenoxy) is 1. The molecule has 1 fully saturated rings. The zero-order valence-electron chi connectivity index (χ0n) is 21.6. The van der Waals surface area contributed by atoms with E-state index in [4.69, 9.17) is 19.8 Å². The van der Waals surface area contributed by atoms with Crippen molar-refractivity contribution in [1.82, 2.24) is 10.9 Å². The SMILES string of the molecule is COc1cccc(C(=O)NNC(CC(C)N)C(=O)c2ccc(B3OC(C)(C)C(C)(C)O3)cc2)c1C. The first-order chi connectivity index (χ1) is 16.4. The van der Waals surface area contributed by atoms with Crippen molar-refractivity contribution < 1.29 is 23.6 Å². The summed E-state index contributed by atoms with van der Waals surface area (Å²) in [6.07, 6.45) is 0.342. The molecule has 188 valence electrons. The third-order valence-corrected chi connectivity index (χ3v) is 6.75. The quantitative estimate of drug-likeness (QED) is 0.287. The number of nitrogens with two attached hydrogens (primary N) is 1. The molecular formula is C26H36BN3O5. The molecule has 3 rings (SSSR count). The minimum atomic E-state index is -0.701. The number of hydrazine groups is 1. The molecule has 2 aromatic rings. The van der Waals surface area contributed by atoms with Crippen molar-refractivity contribution in [2.24, 2.45) is 5.73 Å². The number of rotatable bonds is 9. The monoisotopic (exact) mass is 481 g/mol. The van der Waals surface area contributed by atoms with Crippen molar-refractivity contribution in [3.63, 3.8) is 0 Å². The Morgan fingerprint density at radius 3 is 2.20 bits per heavy atom. The molecule has 1 aliphatic rings. The maximum Gasteiger partial charge on any atom is 0.494 e. The van der Waals surface area contributed by atoms with Gasteiger partial charge in [0.25, 0.3) is 5.91 Å². The van der Waals surface area contributed by atoms with Crippen LogP contribution in [0.15, 0.2) is 42.5 Å². The van der Waals surface area contributed by atoms with E-state index in [1.807, 2.05) is 46.8 Å². The number of ketones is 1. The molecule has 0 spiro atoms. The number of carbonyl (C=O) groups is 2. The van der Waals surface area contributed by atoms with Gasteiger partial charge in [-0.1, -0.05) is 30.3 Å². The van der Waals surface area contributed by atoms with Crippen LogP contribution in [-0.4, -0.2) is 49.2 Å². The Hall–Kier alpha value is -2.72. The maximum atomic E-state index is 13.3. The van der Waals surface area contributed by atoms with Crippen molar-refractivity contribution in [2.75, 3.05) is 7.11 Å². The molecule has 2 unspecified atom stereocenters. The van der Waals surface area contributed by atoms with Gasteiger partial charge >= 0.3 is 7.12 Å².